The van der Waals surface area contributed by atoms with Crippen LogP contribution in [0.5, 0.6) is 0 Å². The number of carbonyl (C=O) groups excluding carboxylic acids is 1. The molecule has 0 saturated carbocycles. The minimum Gasteiger partial charge on any atom is -0.354 e. The van der Waals surface area contributed by atoms with Crippen LogP contribution in [0, 0.1) is 0 Å². The van der Waals surface area contributed by atoms with Gasteiger partial charge in [-0.3, -0.25) is 4.79 Å². The SMILES string of the molecule is COC(CN1Cc2ccccc2C1=O)OC. The van der Waals surface area contributed by atoms with Gasteiger partial charge in [0.05, 0.1) is 6.54 Å². The first-order chi connectivity index (χ1) is 7.76. The van der Waals surface area contributed by atoms with Crippen molar-refractivity contribution in [2.24, 2.45) is 0 Å². The van der Waals surface area contributed by atoms with E-state index in [0.717, 1.165) is 11.1 Å². The van der Waals surface area contributed by atoms with Crippen LogP contribution in [0.2, 0.25) is 0 Å². The second-order valence-electron chi connectivity index (χ2n) is 3.74. The van der Waals surface area contributed by atoms with Crippen molar-refractivity contribution >= 4 is 5.91 Å². The van der Waals surface area contributed by atoms with Gasteiger partial charge in [-0.2, -0.15) is 0 Å². The first-order valence-electron chi connectivity index (χ1n) is 5.19. The number of methoxy groups -OCH3 is 2. The monoisotopic (exact) mass is 221 g/mol. The highest BCUT2D eigenvalue weighted by Crippen LogP contribution is 2.22. The Morgan fingerprint density at radius 1 is 1.31 bits per heavy atom. The summed E-state index contributed by atoms with van der Waals surface area (Å²) in [6.45, 7) is 1.10. The molecule has 0 unspecified atom stereocenters. The number of hydrogen-bond donors (Lipinski definition) is 0. The van der Waals surface area contributed by atoms with Crippen LogP contribution in [-0.2, 0) is 16.0 Å². The molecular weight excluding hydrogens is 206 g/mol. The molecule has 2 rings (SSSR count). The highest BCUT2D eigenvalue weighted by atomic mass is 16.7. The van der Waals surface area contributed by atoms with Gasteiger partial charge in [0, 0.05) is 26.3 Å². The summed E-state index contributed by atoms with van der Waals surface area (Å²) in [5, 5.41) is 0. The van der Waals surface area contributed by atoms with E-state index in [1.54, 1.807) is 19.1 Å². The fraction of sp³-hybridized carbons (Fsp3) is 0.417. The Morgan fingerprint density at radius 2 is 2.00 bits per heavy atom. The Morgan fingerprint density at radius 3 is 2.62 bits per heavy atom. The third-order valence-electron chi connectivity index (χ3n) is 2.79. The minimum absolute atomic E-state index is 0.0506. The summed E-state index contributed by atoms with van der Waals surface area (Å²) in [6.07, 6.45) is -0.363. The minimum atomic E-state index is -0.363. The third kappa shape index (κ3) is 1.94. The maximum absolute atomic E-state index is 12.0. The molecule has 1 aliphatic rings. The lowest BCUT2D eigenvalue weighted by Gasteiger charge is -2.21. The van der Waals surface area contributed by atoms with Gasteiger partial charge < -0.3 is 14.4 Å². The Bertz CT molecular complexity index is 388. The van der Waals surface area contributed by atoms with E-state index in [2.05, 4.69) is 0 Å². The number of carbonyl (C=O) groups is 1. The van der Waals surface area contributed by atoms with Crippen LogP contribution in [0.3, 0.4) is 0 Å². The van der Waals surface area contributed by atoms with Gasteiger partial charge in [0.25, 0.3) is 5.91 Å². The quantitative estimate of drug-likeness (QED) is 0.718. The van der Waals surface area contributed by atoms with Gasteiger partial charge in [-0.25, -0.2) is 0 Å². The summed E-state index contributed by atoms with van der Waals surface area (Å²) >= 11 is 0. The fourth-order valence-corrected chi connectivity index (χ4v) is 1.89. The lowest BCUT2D eigenvalue weighted by molar-refractivity contribution is -0.112. The number of nitrogens with zero attached hydrogens (tertiary/aromatic N) is 1. The number of benzene rings is 1. The molecule has 0 aromatic heterocycles. The second-order valence-corrected chi connectivity index (χ2v) is 3.74. The molecule has 0 radical (unpaired) electrons. The lowest BCUT2D eigenvalue weighted by atomic mass is 10.1. The predicted molar refractivity (Wildman–Crippen MR) is 59.0 cm³/mol. The molecule has 16 heavy (non-hydrogen) atoms. The highest BCUT2D eigenvalue weighted by Gasteiger charge is 2.28. The summed E-state index contributed by atoms with van der Waals surface area (Å²) in [4.78, 5) is 13.7. The molecule has 0 spiro atoms. The van der Waals surface area contributed by atoms with Crippen molar-refractivity contribution in [1.29, 1.82) is 0 Å². The molecule has 0 bridgehead atoms. The van der Waals surface area contributed by atoms with Gasteiger partial charge in [0.2, 0.25) is 0 Å². The lowest BCUT2D eigenvalue weighted by Crippen LogP contribution is -2.34. The predicted octanol–water partition coefficient (Wildman–Crippen LogP) is 1.26. The molecule has 1 amide bonds. The molecule has 4 heteroatoms. The first kappa shape index (κ1) is 11.1. The average molecular weight is 221 g/mol. The summed E-state index contributed by atoms with van der Waals surface area (Å²) in [5.74, 6) is 0.0506. The number of ether oxygens (including phenoxy) is 2. The van der Waals surface area contributed by atoms with E-state index in [9.17, 15) is 4.79 Å². The van der Waals surface area contributed by atoms with E-state index >= 15 is 0 Å². The summed E-state index contributed by atoms with van der Waals surface area (Å²) < 4.78 is 10.2. The zero-order valence-corrected chi connectivity index (χ0v) is 9.47. The van der Waals surface area contributed by atoms with Crippen LogP contribution in [0.1, 0.15) is 15.9 Å². The largest absolute Gasteiger partial charge is 0.354 e. The van der Waals surface area contributed by atoms with Gasteiger partial charge in [-0.05, 0) is 11.6 Å². The van der Waals surface area contributed by atoms with Crippen LogP contribution in [0.4, 0.5) is 0 Å². The van der Waals surface area contributed by atoms with E-state index in [1.165, 1.54) is 0 Å². The molecule has 1 aliphatic heterocycles. The van der Waals surface area contributed by atoms with Crippen LogP contribution in [-0.4, -0.2) is 37.9 Å². The fourth-order valence-electron chi connectivity index (χ4n) is 1.89. The zero-order chi connectivity index (χ0) is 11.5. The van der Waals surface area contributed by atoms with Crippen molar-refractivity contribution in [3.63, 3.8) is 0 Å². The van der Waals surface area contributed by atoms with Gasteiger partial charge >= 0.3 is 0 Å². The van der Waals surface area contributed by atoms with Crippen LogP contribution in [0.15, 0.2) is 24.3 Å². The third-order valence-corrected chi connectivity index (χ3v) is 2.79. The molecule has 1 aromatic carbocycles. The molecule has 0 N–H and O–H groups in total. The van der Waals surface area contributed by atoms with Crippen LogP contribution < -0.4 is 0 Å². The standard InChI is InChI=1S/C12H15NO3/c1-15-11(16-2)8-13-7-9-5-3-4-6-10(9)12(13)14/h3-6,11H,7-8H2,1-2H3. The Labute approximate surface area is 94.8 Å². The number of hydrogen-bond acceptors (Lipinski definition) is 3. The highest BCUT2D eigenvalue weighted by molar-refractivity contribution is 5.98. The van der Waals surface area contributed by atoms with Gasteiger partial charge in [0.1, 0.15) is 0 Å². The molecule has 4 nitrogen and oxygen atoms in total. The molecular formula is C12H15NO3. The maximum atomic E-state index is 12.0. The van der Waals surface area contributed by atoms with E-state index in [1.807, 2.05) is 24.3 Å². The van der Waals surface area contributed by atoms with Crippen LogP contribution in [0.25, 0.3) is 0 Å². The van der Waals surface area contributed by atoms with Crippen molar-refractivity contribution in [3.8, 4) is 0 Å². The number of fused-ring (bicyclic) bond motifs is 1. The van der Waals surface area contributed by atoms with Gasteiger partial charge in [0.15, 0.2) is 6.29 Å². The topological polar surface area (TPSA) is 38.8 Å². The van der Waals surface area contributed by atoms with Gasteiger partial charge in [-0.1, -0.05) is 18.2 Å². The number of rotatable bonds is 4. The van der Waals surface area contributed by atoms with E-state index in [0.29, 0.717) is 13.1 Å². The van der Waals surface area contributed by atoms with Crippen molar-refractivity contribution < 1.29 is 14.3 Å². The first-order valence-corrected chi connectivity index (χ1v) is 5.19. The van der Waals surface area contributed by atoms with Crippen molar-refractivity contribution in [2.75, 3.05) is 20.8 Å². The second kappa shape index (κ2) is 4.63. The molecule has 0 atom stereocenters. The Hall–Kier alpha value is -1.39. The maximum Gasteiger partial charge on any atom is 0.254 e. The van der Waals surface area contributed by atoms with E-state index in [-0.39, 0.29) is 12.2 Å². The Balaban J connectivity index is 2.10. The molecule has 1 aromatic rings. The van der Waals surface area contributed by atoms with E-state index in [4.69, 9.17) is 9.47 Å². The smallest absolute Gasteiger partial charge is 0.254 e. The molecule has 0 saturated heterocycles. The number of amides is 1. The molecule has 86 valence electrons. The molecule has 0 fully saturated rings. The van der Waals surface area contributed by atoms with Crippen molar-refractivity contribution in [2.45, 2.75) is 12.8 Å². The summed E-state index contributed by atoms with van der Waals surface area (Å²) in [7, 11) is 3.14. The summed E-state index contributed by atoms with van der Waals surface area (Å²) in [6, 6.07) is 7.65. The Kier molecular flexibility index (Phi) is 3.22. The van der Waals surface area contributed by atoms with Crippen LogP contribution >= 0.6 is 0 Å². The molecule has 1 heterocycles. The van der Waals surface area contributed by atoms with E-state index < -0.39 is 0 Å². The summed E-state index contributed by atoms with van der Waals surface area (Å²) in [5.41, 5.74) is 1.85. The van der Waals surface area contributed by atoms with Crippen molar-refractivity contribution in [1.82, 2.24) is 4.90 Å². The zero-order valence-electron chi connectivity index (χ0n) is 9.47. The molecule has 0 aliphatic carbocycles. The van der Waals surface area contributed by atoms with Crippen molar-refractivity contribution in [3.05, 3.63) is 35.4 Å². The average Bonchev–Trinajstić information content (AvgIpc) is 2.64. The van der Waals surface area contributed by atoms with Gasteiger partial charge in [-0.15, -0.1) is 0 Å². The normalized spacial score (nSPS) is 14.7.